The van der Waals surface area contributed by atoms with E-state index in [1.807, 2.05) is 0 Å². The maximum Gasteiger partial charge on any atom is 0.252 e. The highest BCUT2D eigenvalue weighted by molar-refractivity contribution is 9.10. The average Bonchev–Trinajstić information content (AvgIpc) is 2.82. The van der Waals surface area contributed by atoms with Crippen LogP contribution in [0.25, 0.3) is 0 Å². The summed E-state index contributed by atoms with van der Waals surface area (Å²) in [5.74, 6) is 0.691. The molecule has 0 saturated carbocycles. The van der Waals surface area contributed by atoms with Gasteiger partial charge in [-0.25, -0.2) is 4.39 Å². The Hall–Kier alpha value is -1.06. The van der Waals surface area contributed by atoms with Gasteiger partial charge < -0.3 is 5.32 Å². The summed E-state index contributed by atoms with van der Waals surface area (Å²) in [6.07, 6.45) is 0.641. The van der Waals surface area contributed by atoms with Gasteiger partial charge in [-0.2, -0.15) is 17.0 Å². The first-order valence-electron chi connectivity index (χ1n) is 5.33. The molecule has 1 fully saturated rings. The largest absolute Gasteiger partial charge is 0.333 e. The van der Waals surface area contributed by atoms with Gasteiger partial charge in [0.2, 0.25) is 0 Å². The van der Waals surface area contributed by atoms with Crippen LogP contribution in [0.1, 0.15) is 16.8 Å². The molecule has 1 aliphatic rings. The predicted octanol–water partition coefficient (Wildman–Crippen LogP) is 2.72. The number of hydrogen-bond acceptors (Lipinski definition) is 3. The Labute approximate surface area is 117 Å². The molecule has 1 amide bonds. The molecule has 18 heavy (non-hydrogen) atoms. The van der Waals surface area contributed by atoms with E-state index in [1.54, 1.807) is 11.8 Å². The van der Waals surface area contributed by atoms with Gasteiger partial charge in [0.05, 0.1) is 10.5 Å². The Bertz CT molecular complexity index is 523. The van der Waals surface area contributed by atoms with Crippen molar-refractivity contribution in [1.29, 1.82) is 5.26 Å². The standard InChI is InChI=1S/C12H10BrFN2OS/c13-9-5-8(1-2-10(9)14)11(17)16-12(6-15)3-4-18-7-12/h1-2,5H,3-4,7H2,(H,16,17). The molecule has 2 rings (SSSR count). The van der Waals surface area contributed by atoms with Crippen molar-refractivity contribution in [3.63, 3.8) is 0 Å². The van der Waals surface area contributed by atoms with E-state index in [9.17, 15) is 9.18 Å². The second kappa shape index (κ2) is 5.29. The van der Waals surface area contributed by atoms with Crippen molar-refractivity contribution in [2.45, 2.75) is 12.0 Å². The third-order valence-corrected chi connectivity index (χ3v) is 4.57. The second-order valence-electron chi connectivity index (χ2n) is 4.08. The number of benzene rings is 1. The van der Waals surface area contributed by atoms with Gasteiger partial charge in [0.15, 0.2) is 0 Å². The number of amides is 1. The number of carbonyl (C=O) groups excluding carboxylic acids is 1. The highest BCUT2D eigenvalue weighted by atomic mass is 79.9. The van der Waals surface area contributed by atoms with Crippen molar-refractivity contribution in [3.05, 3.63) is 34.1 Å². The van der Waals surface area contributed by atoms with Gasteiger partial charge in [-0.15, -0.1) is 0 Å². The number of thioether (sulfide) groups is 1. The van der Waals surface area contributed by atoms with Gasteiger partial charge in [0.25, 0.3) is 5.91 Å². The van der Waals surface area contributed by atoms with Crippen molar-refractivity contribution in [3.8, 4) is 6.07 Å². The molecular formula is C12H10BrFN2OS. The SMILES string of the molecule is N#CC1(NC(=O)c2ccc(F)c(Br)c2)CCSC1. The number of rotatable bonds is 2. The molecule has 1 heterocycles. The third-order valence-electron chi connectivity index (χ3n) is 2.77. The molecule has 0 spiro atoms. The zero-order valence-electron chi connectivity index (χ0n) is 9.37. The van der Waals surface area contributed by atoms with Crippen LogP contribution in [0.3, 0.4) is 0 Å². The third kappa shape index (κ3) is 2.68. The molecule has 1 aromatic carbocycles. The van der Waals surface area contributed by atoms with Gasteiger partial charge in [0, 0.05) is 11.3 Å². The molecular weight excluding hydrogens is 319 g/mol. The van der Waals surface area contributed by atoms with E-state index in [1.165, 1.54) is 18.2 Å². The monoisotopic (exact) mass is 328 g/mol. The lowest BCUT2D eigenvalue weighted by atomic mass is 10.0. The lowest BCUT2D eigenvalue weighted by Gasteiger charge is -2.21. The summed E-state index contributed by atoms with van der Waals surface area (Å²) >= 11 is 4.68. The number of nitrogens with one attached hydrogen (secondary N) is 1. The first kappa shape index (κ1) is 13.4. The maximum absolute atomic E-state index is 13.1. The van der Waals surface area contributed by atoms with E-state index >= 15 is 0 Å². The molecule has 0 aromatic heterocycles. The van der Waals surface area contributed by atoms with E-state index < -0.39 is 11.4 Å². The fourth-order valence-corrected chi connectivity index (χ4v) is 3.35. The molecule has 0 radical (unpaired) electrons. The average molecular weight is 329 g/mol. The zero-order chi connectivity index (χ0) is 13.2. The van der Waals surface area contributed by atoms with E-state index in [0.717, 1.165) is 5.75 Å². The van der Waals surface area contributed by atoms with Crippen LogP contribution in [-0.4, -0.2) is 23.0 Å². The Balaban J connectivity index is 2.17. The van der Waals surface area contributed by atoms with Crippen LogP contribution in [-0.2, 0) is 0 Å². The lowest BCUT2D eigenvalue weighted by molar-refractivity contribution is 0.0926. The summed E-state index contributed by atoms with van der Waals surface area (Å²) in [7, 11) is 0. The molecule has 0 bridgehead atoms. The lowest BCUT2D eigenvalue weighted by Crippen LogP contribution is -2.47. The Morgan fingerprint density at radius 2 is 2.39 bits per heavy atom. The van der Waals surface area contributed by atoms with E-state index in [4.69, 9.17) is 5.26 Å². The number of nitrogens with zero attached hydrogens (tertiary/aromatic N) is 1. The molecule has 1 saturated heterocycles. The summed E-state index contributed by atoms with van der Waals surface area (Å²) in [6, 6.07) is 6.21. The zero-order valence-corrected chi connectivity index (χ0v) is 11.8. The van der Waals surface area contributed by atoms with Crippen molar-refractivity contribution < 1.29 is 9.18 Å². The molecule has 1 aliphatic heterocycles. The number of carbonyl (C=O) groups is 1. The fourth-order valence-electron chi connectivity index (χ4n) is 1.71. The van der Waals surface area contributed by atoms with Crippen molar-refractivity contribution in [2.75, 3.05) is 11.5 Å². The molecule has 1 N–H and O–H groups in total. The van der Waals surface area contributed by atoms with Crippen LogP contribution in [0.4, 0.5) is 4.39 Å². The molecule has 1 unspecified atom stereocenters. The van der Waals surface area contributed by atoms with Gasteiger partial charge in [-0.1, -0.05) is 0 Å². The summed E-state index contributed by atoms with van der Waals surface area (Å²) in [5, 5.41) is 11.9. The minimum atomic E-state index is -0.789. The molecule has 1 aromatic rings. The number of nitriles is 1. The Morgan fingerprint density at radius 3 is 2.94 bits per heavy atom. The summed E-state index contributed by atoms with van der Waals surface area (Å²) < 4.78 is 13.3. The van der Waals surface area contributed by atoms with Crippen LogP contribution in [0.5, 0.6) is 0 Å². The van der Waals surface area contributed by atoms with E-state index in [0.29, 0.717) is 17.7 Å². The van der Waals surface area contributed by atoms with E-state index in [-0.39, 0.29) is 10.4 Å². The van der Waals surface area contributed by atoms with Crippen LogP contribution in [0, 0.1) is 17.1 Å². The quantitative estimate of drug-likeness (QED) is 0.908. The normalized spacial score (nSPS) is 22.5. The number of hydrogen-bond donors (Lipinski definition) is 1. The van der Waals surface area contributed by atoms with Crippen molar-refractivity contribution in [2.24, 2.45) is 0 Å². The van der Waals surface area contributed by atoms with E-state index in [2.05, 4.69) is 27.3 Å². The second-order valence-corrected chi connectivity index (χ2v) is 6.04. The highest BCUT2D eigenvalue weighted by Crippen LogP contribution is 2.28. The summed E-state index contributed by atoms with van der Waals surface area (Å²) in [6.45, 7) is 0. The van der Waals surface area contributed by atoms with Crippen LogP contribution in [0.2, 0.25) is 0 Å². The minimum Gasteiger partial charge on any atom is -0.333 e. The van der Waals surface area contributed by atoms with Gasteiger partial charge in [-0.05, 0) is 46.3 Å². The summed E-state index contributed by atoms with van der Waals surface area (Å²) in [5.41, 5.74) is -0.447. The smallest absolute Gasteiger partial charge is 0.252 e. The molecule has 94 valence electrons. The van der Waals surface area contributed by atoms with Gasteiger partial charge in [-0.3, -0.25) is 4.79 Å². The topological polar surface area (TPSA) is 52.9 Å². The van der Waals surface area contributed by atoms with Crippen LogP contribution in [0.15, 0.2) is 22.7 Å². The van der Waals surface area contributed by atoms with Crippen LogP contribution >= 0.6 is 27.7 Å². The molecule has 3 nitrogen and oxygen atoms in total. The summed E-state index contributed by atoms with van der Waals surface area (Å²) in [4.78, 5) is 12.0. The Kier molecular flexibility index (Phi) is 3.93. The van der Waals surface area contributed by atoms with Crippen molar-refractivity contribution in [1.82, 2.24) is 5.32 Å². The Morgan fingerprint density at radius 1 is 1.61 bits per heavy atom. The minimum absolute atomic E-state index is 0.238. The first-order chi connectivity index (χ1) is 8.56. The maximum atomic E-state index is 13.1. The van der Waals surface area contributed by atoms with Gasteiger partial charge >= 0.3 is 0 Å². The fraction of sp³-hybridized carbons (Fsp3) is 0.333. The number of halogens is 2. The molecule has 0 aliphatic carbocycles. The van der Waals surface area contributed by atoms with Crippen molar-refractivity contribution >= 4 is 33.6 Å². The van der Waals surface area contributed by atoms with Gasteiger partial charge in [0.1, 0.15) is 11.4 Å². The highest BCUT2D eigenvalue weighted by Gasteiger charge is 2.36. The predicted molar refractivity (Wildman–Crippen MR) is 71.9 cm³/mol. The molecule has 6 heteroatoms. The molecule has 1 atom stereocenters. The first-order valence-corrected chi connectivity index (χ1v) is 7.28. The van der Waals surface area contributed by atoms with Crippen LogP contribution < -0.4 is 5.32 Å².